The SMILES string of the molecule is [2H]C([2H])([2H])c1cc(C(C)(C)C)cc(C)c1-c1ccnc(-n2c3cc(Oc4cccc(-n5cnc6ccccc65)c4)ccc3c3ccc(C([CH2+])(C)C)cc32)c1. The maximum atomic E-state index is 8.55. The molecule has 0 unspecified atom stereocenters. The molecule has 0 spiro atoms. The van der Waals surface area contributed by atoms with Gasteiger partial charge in [-0.3, -0.25) is 9.13 Å². The van der Waals surface area contributed by atoms with E-state index in [1.807, 2.05) is 80.0 Å². The van der Waals surface area contributed by atoms with Crippen molar-refractivity contribution in [2.75, 3.05) is 0 Å². The van der Waals surface area contributed by atoms with Crippen molar-refractivity contribution in [1.82, 2.24) is 19.1 Å². The molecule has 8 aromatic rings. The van der Waals surface area contributed by atoms with Gasteiger partial charge in [0.15, 0.2) is 0 Å². The van der Waals surface area contributed by atoms with Gasteiger partial charge in [-0.15, -0.1) is 0 Å². The number of imidazole rings is 1. The number of aromatic nitrogens is 4. The number of ether oxygens (including phenoxy) is 1. The monoisotopic (exact) mass is 670 g/mol. The second-order valence-electron chi connectivity index (χ2n) is 15.2. The van der Waals surface area contributed by atoms with Crippen molar-refractivity contribution in [3.05, 3.63) is 151 Å². The molecular formula is C46H43N4O+. The molecule has 3 aromatic heterocycles. The van der Waals surface area contributed by atoms with Crippen molar-refractivity contribution in [3.63, 3.8) is 0 Å². The summed E-state index contributed by atoms with van der Waals surface area (Å²) in [5.74, 6) is 2.04. The molecule has 0 aliphatic rings. The lowest BCUT2D eigenvalue weighted by atomic mass is 9.83. The van der Waals surface area contributed by atoms with Gasteiger partial charge < -0.3 is 4.74 Å². The predicted molar refractivity (Wildman–Crippen MR) is 212 cm³/mol. The van der Waals surface area contributed by atoms with Crippen molar-refractivity contribution in [2.24, 2.45) is 0 Å². The first-order valence-electron chi connectivity index (χ1n) is 18.8. The molecule has 5 aromatic carbocycles. The molecule has 252 valence electrons. The number of rotatable bonds is 6. The highest BCUT2D eigenvalue weighted by Crippen LogP contribution is 2.39. The Morgan fingerprint density at radius 2 is 1.43 bits per heavy atom. The van der Waals surface area contributed by atoms with Crippen molar-refractivity contribution in [1.29, 1.82) is 0 Å². The summed E-state index contributed by atoms with van der Waals surface area (Å²) in [7, 11) is 0. The summed E-state index contributed by atoms with van der Waals surface area (Å²) in [6.07, 6.45) is 3.60. The molecule has 0 amide bonds. The van der Waals surface area contributed by atoms with E-state index in [1.54, 1.807) is 6.20 Å². The first-order valence-corrected chi connectivity index (χ1v) is 17.3. The molecular weight excluding hydrogens is 625 g/mol. The molecule has 0 fully saturated rings. The Bertz CT molecular complexity index is 2720. The van der Waals surface area contributed by atoms with E-state index < -0.39 is 6.85 Å². The average molecular weight is 671 g/mol. The Morgan fingerprint density at radius 1 is 0.686 bits per heavy atom. The van der Waals surface area contributed by atoms with Crippen LogP contribution in [-0.2, 0) is 10.8 Å². The standard InChI is InChI=1S/C46H43N4O/c1-29-22-33(46(6,7)8)23-30(2)44(29)31-20-21-47-43(24-31)50-41-25-32(45(3,4)5)16-18-37(41)38-19-17-36(27-42(38)50)51-35-13-11-12-34(26-35)49-28-48-39-14-9-10-15-40(39)49/h9-28H,3H2,1-2,4-8H3/q+1/i1D3. The first-order chi connectivity index (χ1) is 25.6. The molecule has 8 rings (SSSR count). The minimum atomic E-state index is -2.30. The quantitative estimate of drug-likeness (QED) is 0.165. The Kier molecular flexibility index (Phi) is 6.77. The zero-order valence-electron chi connectivity index (χ0n) is 33.0. The Labute approximate surface area is 304 Å². The van der Waals surface area contributed by atoms with Crippen LogP contribution in [0.25, 0.3) is 55.5 Å². The lowest BCUT2D eigenvalue weighted by Gasteiger charge is -2.22. The molecule has 0 saturated carbocycles. The number of aryl methyl sites for hydroxylation is 2. The highest BCUT2D eigenvalue weighted by molar-refractivity contribution is 6.09. The van der Waals surface area contributed by atoms with Crippen LogP contribution >= 0.6 is 0 Å². The van der Waals surface area contributed by atoms with E-state index in [4.69, 9.17) is 13.8 Å². The van der Waals surface area contributed by atoms with Crippen LogP contribution in [0.2, 0.25) is 0 Å². The van der Waals surface area contributed by atoms with Crippen LogP contribution in [-0.4, -0.2) is 19.1 Å². The summed E-state index contributed by atoms with van der Waals surface area (Å²) in [6, 6.07) is 36.5. The summed E-state index contributed by atoms with van der Waals surface area (Å²) in [5, 5.41) is 2.12. The fourth-order valence-electron chi connectivity index (χ4n) is 7.03. The van der Waals surface area contributed by atoms with Gasteiger partial charge in [0.1, 0.15) is 29.1 Å². The minimum Gasteiger partial charge on any atom is -0.457 e. The fourth-order valence-corrected chi connectivity index (χ4v) is 7.03. The number of benzene rings is 5. The van der Waals surface area contributed by atoms with E-state index in [1.165, 1.54) is 0 Å². The third-order valence-corrected chi connectivity index (χ3v) is 9.77. The number of hydrogen-bond donors (Lipinski definition) is 0. The second-order valence-corrected chi connectivity index (χ2v) is 15.2. The molecule has 0 saturated heterocycles. The summed E-state index contributed by atoms with van der Waals surface area (Å²) in [5.41, 5.74) is 9.10. The summed E-state index contributed by atoms with van der Waals surface area (Å²) >= 11 is 0. The molecule has 3 heterocycles. The van der Waals surface area contributed by atoms with E-state index in [9.17, 15) is 0 Å². The molecule has 0 N–H and O–H groups in total. The molecule has 0 atom stereocenters. The van der Waals surface area contributed by atoms with Crippen molar-refractivity contribution in [3.8, 4) is 34.1 Å². The van der Waals surface area contributed by atoms with Crippen molar-refractivity contribution >= 4 is 32.8 Å². The molecule has 0 aliphatic heterocycles. The molecule has 51 heavy (non-hydrogen) atoms. The lowest BCUT2D eigenvalue weighted by Crippen LogP contribution is -2.12. The average Bonchev–Trinajstić information content (AvgIpc) is 3.69. The minimum absolute atomic E-state index is 0.204. The van der Waals surface area contributed by atoms with E-state index in [2.05, 4.69) is 98.1 Å². The number of pyridine rings is 1. The first kappa shape index (κ1) is 29.0. The van der Waals surface area contributed by atoms with Crippen LogP contribution in [0.3, 0.4) is 0 Å². The van der Waals surface area contributed by atoms with Gasteiger partial charge in [-0.2, -0.15) is 0 Å². The van der Waals surface area contributed by atoms with Gasteiger partial charge in [0.2, 0.25) is 0 Å². The van der Waals surface area contributed by atoms with E-state index in [0.29, 0.717) is 28.4 Å². The molecule has 5 heteroatoms. The summed E-state index contributed by atoms with van der Waals surface area (Å²) < 4.78 is 36.4. The van der Waals surface area contributed by atoms with E-state index in [-0.39, 0.29) is 10.8 Å². The smallest absolute Gasteiger partial charge is 0.138 e. The van der Waals surface area contributed by atoms with Gasteiger partial charge in [-0.05, 0) is 115 Å². The van der Waals surface area contributed by atoms with Gasteiger partial charge in [-0.1, -0.05) is 63.2 Å². The van der Waals surface area contributed by atoms with Gasteiger partial charge >= 0.3 is 0 Å². The van der Waals surface area contributed by atoms with Crippen LogP contribution < -0.4 is 4.74 Å². The molecule has 0 aliphatic carbocycles. The van der Waals surface area contributed by atoms with Crippen LogP contribution in [0, 0.1) is 20.7 Å². The highest BCUT2D eigenvalue weighted by Gasteiger charge is 2.24. The number of fused-ring (bicyclic) bond motifs is 4. The zero-order valence-corrected chi connectivity index (χ0v) is 30.0. The summed E-state index contributed by atoms with van der Waals surface area (Å²) in [4.78, 5) is 9.48. The maximum Gasteiger partial charge on any atom is 0.138 e. The van der Waals surface area contributed by atoms with Crippen molar-refractivity contribution < 1.29 is 8.85 Å². The lowest BCUT2D eigenvalue weighted by molar-refractivity contribution is 0.483. The third-order valence-electron chi connectivity index (χ3n) is 9.77. The third kappa shape index (κ3) is 5.83. The Hall–Kier alpha value is -5.81. The second kappa shape index (κ2) is 11.9. The van der Waals surface area contributed by atoms with Crippen LogP contribution in [0.4, 0.5) is 0 Å². The zero-order chi connectivity index (χ0) is 38.2. The van der Waals surface area contributed by atoms with Crippen LogP contribution in [0.15, 0.2) is 122 Å². The number of para-hydroxylation sites is 2. The molecule has 0 bridgehead atoms. The normalized spacial score (nSPS) is 13.4. The van der Waals surface area contributed by atoms with Crippen LogP contribution in [0.1, 0.15) is 61.0 Å². The number of nitrogens with zero attached hydrogens (tertiary/aromatic N) is 4. The van der Waals surface area contributed by atoms with Crippen molar-refractivity contribution in [2.45, 2.75) is 59.2 Å². The van der Waals surface area contributed by atoms with E-state index >= 15 is 0 Å². The Balaban J connectivity index is 1.29. The van der Waals surface area contributed by atoms with Crippen LogP contribution in [0.5, 0.6) is 11.5 Å². The Morgan fingerprint density at radius 3 is 2.22 bits per heavy atom. The van der Waals surface area contributed by atoms with Gasteiger partial charge in [-0.25, -0.2) is 9.97 Å². The highest BCUT2D eigenvalue weighted by atomic mass is 16.5. The van der Waals surface area contributed by atoms with Gasteiger partial charge in [0.25, 0.3) is 0 Å². The van der Waals surface area contributed by atoms with E-state index in [0.717, 1.165) is 60.8 Å². The molecule has 5 nitrogen and oxygen atoms in total. The van der Waals surface area contributed by atoms with Gasteiger partial charge in [0, 0.05) is 38.8 Å². The maximum absolute atomic E-state index is 8.55. The summed E-state index contributed by atoms with van der Waals surface area (Å²) in [6.45, 7) is 14.6. The fraction of sp³-hybridized carbons (Fsp3) is 0.196. The van der Waals surface area contributed by atoms with Gasteiger partial charge in [0.05, 0.1) is 34.7 Å². The number of hydrogen-bond acceptors (Lipinski definition) is 3. The largest absolute Gasteiger partial charge is 0.457 e. The predicted octanol–water partition coefficient (Wildman–Crippen LogP) is 12.0. The topological polar surface area (TPSA) is 44.9 Å². The molecule has 0 radical (unpaired) electrons.